The van der Waals surface area contributed by atoms with Crippen molar-refractivity contribution in [2.24, 2.45) is 5.92 Å². The number of amides is 1. The van der Waals surface area contributed by atoms with Crippen LogP contribution in [0.15, 0.2) is 34.9 Å². The molecule has 0 spiro atoms. The number of morpholine rings is 1. The summed E-state index contributed by atoms with van der Waals surface area (Å²) in [6.07, 6.45) is 2.63. The Bertz CT molecular complexity index is 755. The maximum atomic E-state index is 12.2. The third kappa shape index (κ3) is 6.17. The summed E-state index contributed by atoms with van der Waals surface area (Å²) in [4.78, 5) is 18.9. The van der Waals surface area contributed by atoms with E-state index in [1.165, 1.54) is 5.56 Å². The lowest BCUT2D eigenvalue weighted by Crippen LogP contribution is -2.48. The molecule has 0 radical (unpaired) electrons. The minimum Gasteiger partial charge on any atom is -0.441 e. The summed E-state index contributed by atoms with van der Waals surface area (Å²) >= 11 is 0. The number of oxazole rings is 1. The van der Waals surface area contributed by atoms with E-state index in [1.807, 2.05) is 24.3 Å². The molecule has 2 aromatic rings. The van der Waals surface area contributed by atoms with Crippen molar-refractivity contribution in [2.45, 2.75) is 39.7 Å². The molecule has 0 aliphatic carbocycles. The predicted molar refractivity (Wildman–Crippen MR) is 109 cm³/mol. The number of ether oxygens (including phenoxy) is 1. The Kier molecular flexibility index (Phi) is 7.23. The number of aryl methyl sites for hydroxylation is 2. The number of nitrogens with zero attached hydrogens (tertiary/aromatic N) is 2. The summed E-state index contributed by atoms with van der Waals surface area (Å²) < 4.78 is 11.6. The van der Waals surface area contributed by atoms with Crippen LogP contribution in [0.5, 0.6) is 0 Å². The summed E-state index contributed by atoms with van der Waals surface area (Å²) in [5.74, 6) is 1.96. The van der Waals surface area contributed by atoms with E-state index in [-0.39, 0.29) is 12.0 Å². The van der Waals surface area contributed by atoms with E-state index in [1.54, 1.807) is 6.20 Å². The second-order valence-corrected chi connectivity index (χ2v) is 7.93. The molecule has 0 saturated carbocycles. The van der Waals surface area contributed by atoms with E-state index in [4.69, 9.17) is 9.15 Å². The van der Waals surface area contributed by atoms with Crippen LogP contribution in [0.3, 0.4) is 0 Å². The van der Waals surface area contributed by atoms with Crippen molar-refractivity contribution < 1.29 is 13.9 Å². The quantitative estimate of drug-likeness (QED) is 0.756. The maximum absolute atomic E-state index is 12.2. The molecule has 28 heavy (non-hydrogen) atoms. The van der Waals surface area contributed by atoms with Crippen molar-refractivity contribution >= 4 is 5.91 Å². The van der Waals surface area contributed by atoms with Gasteiger partial charge in [-0.3, -0.25) is 9.69 Å². The van der Waals surface area contributed by atoms with Gasteiger partial charge in [0.15, 0.2) is 11.7 Å². The molecule has 1 atom stereocenters. The van der Waals surface area contributed by atoms with Crippen LogP contribution in [0.2, 0.25) is 0 Å². The molecule has 1 unspecified atom stereocenters. The zero-order chi connectivity index (χ0) is 19.9. The van der Waals surface area contributed by atoms with Crippen molar-refractivity contribution in [2.75, 3.05) is 32.8 Å². The Labute approximate surface area is 167 Å². The second kappa shape index (κ2) is 9.85. The fourth-order valence-electron chi connectivity index (χ4n) is 3.40. The second-order valence-electron chi connectivity index (χ2n) is 7.93. The monoisotopic (exact) mass is 385 g/mol. The molecule has 1 aliphatic rings. The highest BCUT2D eigenvalue weighted by Gasteiger charge is 2.21. The van der Waals surface area contributed by atoms with Crippen LogP contribution in [0.1, 0.15) is 31.7 Å². The number of benzene rings is 1. The molecule has 1 saturated heterocycles. The zero-order valence-corrected chi connectivity index (χ0v) is 17.1. The molecule has 2 heterocycles. The van der Waals surface area contributed by atoms with Gasteiger partial charge in [0.25, 0.3) is 0 Å². The highest BCUT2D eigenvalue weighted by Crippen LogP contribution is 2.21. The van der Waals surface area contributed by atoms with Gasteiger partial charge in [0.1, 0.15) is 0 Å². The Morgan fingerprint density at radius 2 is 2.11 bits per heavy atom. The van der Waals surface area contributed by atoms with Crippen LogP contribution >= 0.6 is 0 Å². The summed E-state index contributed by atoms with van der Waals surface area (Å²) in [6.45, 7) is 10.7. The first-order valence-electron chi connectivity index (χ1n) is 10.1. The number of carbonyl (C=O) groups is 1. The number of hydrogen-bond donors (Lipinski definition) is 1. The molecule has 1 amide bonds. The fraction of sp³-hybridized carbons (Fsp3) is 0.545. The molecule has 6 nitrogen and oxygen atoms in total. The van der Waals surface area contributed by atoms with Crippen LogP contribution in [0, 0.1) is 12.8 Å². The molecular formula is C22H31N3O3. The number of hydrogen-bond acceptors (Lipinski definition) is 5. The molecule has 0 bridgehead atoms. The normalized spacial score (nSPS) is 17.8. The van der Waals surface area contributed by atoms with Gasteiger partial charge in [-0.2, -0.15) is 0 Å². The van der Waals surface area contributed by atoms with Crippen LogP contribution in [-0.4, -0.2) is 54.7 Å². The van der Waals surface area contributed by atoms with E-state index in [0.717, 1.165) is 37.6 Å². The topological polar surface area (TPSA) is 67.6 Å². The number of rotatable bonds is 8. The molecular weight excluding hydrogens is 354 g/mol. The van der Waals surface area contributed by atoms with Crippen molar-refractivity contribution in [3.05, 3.63) is 41.9 Å². The zero-order valence-electron chi connectivity index (χ0n) is 17.1. The van der Waals surface area contributed by atoms with Gasteiger partial charge >= 0.3 is 0 Å². The van der Waals surface area contributed by atoms with E-state index in [9.17, 15) is 4.79 Å². The average Bonchev–Trinajstić information content (AvgIpc) is 3.14. The van der Waals surface area contributed by atoms with E-state index in [0.29, 0.717) is 31.2 Å². The summed E-state index contributed by atoms with van der Waals surface area (Å²) in [6, 6.07) is 8.11. The number of nitrogens with one attached hydrogen (secondary N) is 1. The third-order valence-electron chi connectivity index (χ3n) is 4.83. The van der Waals surface area contributed by atoms with Crippen LogP contribution in [0.25, 0.3) is 11.3 Å². The lowest BCUT2D eigenvalue weighted by atomic mass is 10.1. The van der Waals surface area contributed by atoms with Gasteiger partial charge in [0.2, 0.25) is 5.91 Å². The summed E-state index contributed by atoms with van der Waals surface area (Å²) in [5.41, 5.74) is 2.20. The van der Waals surface area contributed by atoms with Crippen molar-refractivity contribution in [1.82, 2.24) is 15.2 Å². The predicted octanol–water partition coefficient (Wildman–Crippen LogP) is 3.06. The van der Waals surface area contributed by atoms with E-state index < -0.39 is 0 Å². The lowest BCUT2D eigenvalue weighted by molar-refractivity contribution is -0.122. The Morgan fingerprint density at radius 1 is 1.32 bits per heavy atom. The van der Waals surface area contributed by atoms with Gasteiger partial charge in [-0.15, -0.1) is 0 Å². The Balaban J connectivity index is 1.40. The smallest absolute Gasteiger partial charge is 0.220 e. The highest BCUT2D eigenvalue weighted by molar-refractivity contribution is 5.76. The molecule has 1 aliphatic heterocycles. The van der Waals surface area contributed by atoms with Crippen LogP contribution < -0.4 is 5.32 Å². The van der Waals surface area contributed by atoms with Crippen molar-refractivity contribution in [1.29, 1.82) is 0 Å². The van der Waals surface area contributed by atoms with Gasteiger partial charge in [-0.05, 0) is 12.8 Å². The first kappa shape index (κ1) is 20.6. The maximum Gasteiger partial charge on any atom is 0.220 e. The SMILES string of the molecule is Cc1ccc(-c2cnc(CCC(=O)NCC3CN(CC(C)C)CCO3)o2)cc1. The summed E-state index contributed by atoms with van der Waals surface area (Å²) in [5, 5.41) is 2.98. The van der Waals surface area contributed by atoms with E-state index >= 15 is 0 Å². The number of aromatic nitrogens is 1. The van der Waals surface area contributed by atoms with Gasteiger partial charge in [0, 0.05) is 44.6 Å². The first-order chi connectivity index (χ1) is 13.5. The molecule has 1 aromatic carbocycles. The van der Waals surface area contributed by atoms with Crippen molar-refractivity contribution in [3.8, 4) is 11.3 Å². The molecule has 1 fully saturated rings. The standard InChI is InChI=1S/C22H31N3O3/c1-16(2)14-25-10-11-27-19(15-25)12-23-21(26)8-9-22-24-13-20(28-22)18-6-4-17(3)5-7-18/h4-7,13,16,19H,8-12,14-15H2,1-3H3,(H,23,26). The minimum absolute atomic E-state index is 0.000307. The fourth-order valence-corrected chi connectivity index (χ4v) is 3.40. The van der Waals surface area contributed by atoms with Gasteiger partial charge in [-0.1, -0.05) is 43.7 Å². The first-order valence-corrected chi connectivity index (χ1v) is 10.1. The molecule has 1 aromatic heterocycles. The van der Waals surface area contributed by atoms with Gasteiger partial charge in [0.05, 0.1) is 18.9 Å². The largest absolute Gasteiger partial charge is 0.441 e. The minimum atomic E-state index is -0.000307. The molecule has 3 rings (SSSR count). The Morgan fingerprint density at radius 3 is 2.86 bits per heavy atom. The van der Waals surface area contributed by atoms with Crippen molar-refractivity contribution in [3.63, 3.8) is 0 Å². The summed E-state index contributed by atoms with van der Waals surface area (Å²) in [7, 11) is 0. The van der Waals surface area contributed by atoms with E-state index in [2.05, 4.69) is 36.0 Å². The highest BCUT2D eigenvalue weighted by atomic mass is 16.5. The molecule has 1 N–H and O–H groups in total. The van der Waals surface area contributed by atoms with Gasteiger partial charge in [-0.25, -0.2) is 4.98 Å². The number of carbonyl (C=O) groups excluding carboxylic acids is 1. The molecule has 152 valence electrons. The average molecular weight is 386 g/mol. The third-order valence-corrected chi connectivity index (χ3v) is 4.83. The molecule has 6 heteroatoms. The van der Waals surface area contributed by atoms with Gasteiger partial charge < -0.3 is 14.5 Å². The van der Waals surface area contributed by atoms with Crippen LogP contribution in [0.4, 0.5) is 0 Å². The Hall–Kier alpha value is -2.18. The lowest BCUT2D eigenvalue weighted by Gasteiger charge is -2.33. The van der Waals surface area contributed by atoms with Crippen LogP contribution in [-0.2, 0) is 16.0 Å².